The largest absolute Gasteiger partial charge is 0.391 e. The minimum absolute atomic E-state index is 0.316. The molecule has 0 saturated heterocycles. The number of aliphatic hydroxyl groups excluding tert-OH is 1. The molecule has 1 aromatic heterocycles. The quantitative estimate of drug-likeness (QED) is 0.807. The molecule has 1 rings (SSSR count). The molecule has 4 nitrogen and oxygen atoms in total. The molecule has 0 aromatic carbocycles. The van der Waals surface area contributed by atoms with Gasteiger partial charge in [-0.05, 0) is 29.3 Å². The molecule has 5 heteroatoms. The fourth-order valence-electron chi connectivity index (χ4n) is 1.28. The molecular weight excluding hydrogens is 258 g/mol. The molecule has 0 aliphatic rings. The third-order valence-corrected chi connectivity index (χ3v) is 2.35. The minimum Gasteiger partial charge on any atom is -0.391 e. The van der Waals surface area contributed by atoms with Crippen LogP contribution in [0.4, 0.5) is 5.82 Å². The smallest absolute Gasteiger partial charge is 0.130 e. The second-order valence-electron chi connectivity index (χ2n) is 3.45. The van der Waals surface area contributed by atoms with Crippen molar-refractivity contribution in [3.05, 3.63) is 16.5 Å². The van der Waals surface area contributed by atoms with E-state index in [0.717, 1.165) is 23.3 Å². The van der Waals surface area contributed by atoms with Gasteiger partial charge in [-0.25, -0.2) is 9.97 Å². The number of nitrogens with one attached hydrogen (secondary N) is 1. The van der Waals surface area contributed by atoms with Crippen LogP contribution in [0, 0.1) is 6.92 Å². The zero-order valence-corrected chi connectivity index (χ0v) is 10.6. The van der Waals surface area contributed by atoms with E-state index in [4.69, 9.17) is 0 Å². The van der Waals surface area contributed by atoms with Crippen LogP contribution in [0.1, 0.15) is 25.6 Å². The molecule has 0 spiro atoms. The molecule has 0 amide bonds. The van der Waals surface area contributed by atoms with Crippen molar-refractivity contribution in [3.63, 3.8) is 0 Å². The van der Waals surface area contributed by atoms with Crippen LogP contribution in [-0.2, 0) is 0 Å². The fourth-order valence-corrected chi connectivity index (χ4v) is 1.75. The molecular formula is C10H16BrN3O. The van der Waals surface area contributed by atoms with E-state index in [0.29, 0.717) is 12.4 Å². The van der Waals surface area contributed by atoms with Gasteiger partial charge >= 0.3 is 0 Å². The summed E-state index contributed by atoms with van der Waals surface area (Å²) in [5, 5.41) is 12.6. The van der Waals surface area contributed by atoms with Crippen molar-refractivity contribution < 1.29 is 5.11 Å². The highest BCUT2D eigenvalue weighted by atomic mass is 79.9. The Morgan fingerprint density at radius 1 is 1.53 bits per heavy atom. The SMILES string of the molecule is CCCC(O)CNc1cc(Br)nc(C)n1. The predicted octanol–water partition coefficient (Wildman–Crippen LogP) is 2.12. The van der Waals surface area contributed by atoms with Gasteiger partial charge in [0.2, 0.25) is 0 Å². The van der Waals surface area contributed by atoms with Crippen LogP contribution in [0.25, 0.3) is 0 Å². The summed E-state index contributed by atoms with van der Waals surface area (Å²) in [6.45, 7) is 4.41. The molecule has 0 aliphatic carbocycles. The van der Waals surface area contributed by atoms with E-state index in [-0.39, 0.29) is 6.10 Å². The molecule has 0 fully saturated rings. The van der Waals surface area contributed by atoms with Gasteiger partial charge in [-0.3, -0.25) is 0 Å². The second-order valence-corrected chi connectivity index (χ2v) is 4.26. The summed E-state index contributed by atoms with van der Waals surface area (Å²) >= 11 is 3.30. The third-order valence-electron chi connectivity index (χ3n) is 1.95. The molecule has 0 aliphatic heterocycles. The van der Waals surface area contributed by atoms with E-state index in [1.54, 1.807) is 6.07 Å². The first-order valence-electron chi connectivity index (χ1n) is 5.05. The minimum atomic E-state index is -0.316. The van der Waals surface area contributed by atoms with Crippen LogP contribution < -0.4 is 5.32 Å². The van der Waals surface area contributed by atoms with Gasteiger partial charge in [0, 0.05) is 12.6 Å². The highest BCUT2D eigenvalue weighted by Crippen LogP contribution is 2.12. The lowest BCUT2D eigenvalue weighted by atomic mass is 10.2. The van der Waals surface area contributed by atoms with E-state index < -0.39 is 0 Å². The summed E-state index contributed by atoms with van der Waals surface area (Å²) in [5.41, 5.74) is 0. The Hall–Kier alpha value is -0.680. The maximum absolute atomic E-state index is 9.53. The normalized spacial score (nSPS) is 12.5. The van der Waals surface area contributed by atoms with Gasteiger partial charge < -0.3 is 10.4 Å². The topological polar surface area (TPSA) is 58.0 Å². The van der Waals surface area contributed by atoms with Gasteiger partial charge in [0.25, 0.3) is 0 Å². The summed E-state index contributed by atoms with van der Waals surface area (Å²) in [7, 11) is 0. The molecule has 1 atom stereocenters. The van der Waals surface area contributed by atoms with Gasteiger partial charge in [0.05, 0.1) is 6.10 Å². The molecule has 1 heterocycles. The first-order valence-corrected chi connectivity index (χ1v) is 5.84. The van der Waals surface area contributed by atoms with Crippen molar-refractivity contribution in [2.45, 2.75) is 32.8 Å². The third kappa shape index (κ3) is 4.57. The number of halogens is 1. The van der Waals surface area contributed by atoms with Crippen molar-refractivity contribution in [1.29, 1.82) is 0 Å². The molecule has 1 unspecified atom stereocenters. The van der Waals surface area contributed by atoms with Gasteiger partial charge in [-0.1, -0.05) is 13.3 Å². The summed E-state index contributed by atoms with van der Waals surface area (Å²) in [6.07, 6.45) is 1.47. The number of rotatable bonds is 5. The van der Waals surface area contributed by atoms with Crippen molar-refractivity contribution in [3.8, 4) is 0 Å². The first kappa shape index (κ1) is 12.4. The Balaban J connectivity index is 2.50. The van der Waals surface area contributed by atoms with E-state index in [1.807, 2.05) is 6.92 Å². The predicted molar refractivity (Wildman–Crippen MR) is 63.9 cm³/mol. The highest BCUT2D eigenvalue weighted by molar-refractivity contribution is 9.10. The van der Waals surface area contributed by atoms with Crippen LogP contribution >= 0.6 is 15.9 Å². The second kappa shape index (κ2) is 6.02. The molecule has 2 N–H and O–H groups in total. The van der Waals surface area contributed by atoms with Crippen LogP contribution in [0.5, 0.6) is 0 Å². The monoisotopic (exact) mass is 273 g/mol. The van der Waals surface area contributed by atoms with E-state index in [1.165, 1.54) is 0 Å². The van der Waals surface area contributed by atoms with Gasteiger partial charge in [0.15, 0.2) is 0 Å². The molecule has 84 valence electrons. The molecule has 0 saturated carbocycles. The number of hydrogen-bond acceptors (Lipinski definition) is 4. The maximum atomic E-state index is 9.53. The summed E-state index contributed by atoms with van der Waals surface area (Å²) in [4.78, 5) is 8.30. The summed E-state index contributed by atoms with van der Waals surface area (Å²) < 4.78 is 0.752. The number of aliphatic hydroxyl groups is 1. The zero-order valence-electron chi connectivity index (χ0n) is 9.00. The van der Waals surface area contributed by atoms with Crippen LogP contribution in [0.3, 0.4) is 0 Å². The molecule has 0 bridgehead atoms. The first-order chi connectivity index (χ1) is 7.11. The Morgan fingerprint density at radius 3 is 2.87 bits per heavy atom. The fraction of sp³-hybridized carbons (Fsp3) is 0.600. The van der Waals surface area contributed by atoms with Crippen molar-refractivity contribution in [1.82, 2.24) is 9.97 Å². The lowest BCUT2D eigenvalue weighted by Crippen LogP contribution is -2.19. The number of hydrogen-bond donors (Lipinski definition) is 2. The summed E-state index contributed by atoms with van der Waals surface area (Å²) in [6, 6.07) is 1.80. The number of nitrogens with zero attached hydrogens (tertiary/aromatic N) is 2. The van der Waals surface area contributed by atoms with Gasteiger partial charge in [-0.15, -0.1) is 0 Å². The molecule has 1 aromatic rings. The van der Waals surface area contributed by atoms with Gasteiger partial charge in [0.1, 0.15) is 16.2 Å². The van der Waals surface area contributed by atoms with E-state index >= 15 is 0 Å². The Bertz CT molecular complexity index is 299. The van der Waals surface area contributed by atoms with Crippen molar-refractivity contribution >= 4 is 21.7 Å². The van der Waals surface area contributed by atoms with Crippen molar-refractivity contribution in [2.75, 3.05) is 11.9 Å². The van der Waals surface area contributed by atoms with Gasteiger partial charge in [-0.2, -0.15) is 0 Å². The maximum Gasteiger partial charge on any atom is 0.130 e. The average molecular weight is 274 g/mol. The van der Waals surface area contributed by atoms with Crippen LogP contribution in [0.15, 0.2) is 10.7 Å². The lowest BCUT2D eigenvalue weighted by molar-refractivity contribution is 0.176. The lowest BCUT2D eigenvalue weighted by Gasteiger charge is -2.11. The standard InChI is InChI=1S/C10H16BrN3O/c1-3-4-8(15)6-12-10-5-9(11)13-7(2)14-10/h5,8,15H,3-4,6H2,1-2H3,(H,12,13,14). The Morgan fingerprint density at radius 2 is 2.27 bits per heavy atom. The summed E-state index contributed by atoms with van der Waals surface area (Å²) in [5.74, 6) is 1.45. The van der Waals surface area contributed by atoms with Crippen LogP contribution in [0.2, 0.25) is 0 Å². The number of aryl methyl sites for hydroxylation is 1. The Labute approximate surface area is 98.3 Å². The number of aromatic nitrogens is 2. The number of anilines is 1. The highest BCUT2D eigenvalue weighted by Gasteiger charge is 2.04. The zero-order chi connectivity index (χ0) is 11.3. The van der Waals surface area contributed by atoms with Crippen LogP contribution in [-0.4, -0.2) is 27.7 Å². The molecule has 15 heavy (non-hydrogen) atoms. The van der Waals surface area contributed by atoms with E-state index in [2.05, 4.69) is 38.1 Å². The molecule has 0 radical (unpaired) electrons. The Kier molecular flexibility index (Phi) is 4.98. The van der Waals surface area contributed by atoms with Crippen molar-refractivity contribution in [2.24, 2.45) is 0 Å². The average Bonchev–Trinajstić information content (AvgIpc) is 2.14. The van der Waals surface area contributed by atoms with E-state index in [9.17, 15) is 5.11 Å².